The molecule has 1 heterocycles. The van der Waals surface area contributed by atoms with E-state index in [2.05, 4.69) is 5.32 Å². The molecule has 0 bridgehead atoms. The molecule has 0 radical (unpaired) electrons. The van der Waals surface area contributed by atoms with Gasteiger partial charge in [-0.15, -0.1) is 23.1 Å². The third-order valence-corrected chi connectivity index (χ3v) is 4.94. The molecule has 2 N–H and O–H groups in total. The van der Waals surface area contributed by atoms with Crippen molar-refractivity contribution in [1.29, 1.82) is 0 Å². The summed E-state index contributed by atoms with van der Waals surface area (Å²) in [6.45, 7) is 0.439. The number of thiophene rings is 1. The van der Waals surface area contributed by atoms with Gasteiger partial charge in [-0.05, 0) is 29.5 Å². The van der Waals surface area contributed by atoms with Crippen LogP contribution in [0.5, 0.6) is 0 Å². The van der Waals surface area contributed by atoms with E-state index < -0.39 is 5.97 Å². The van der Waals surface area contributed by atoms with Crippen molar-refractivity contribution in [3.05, 3.63) is 52.9 Å². The Labute approximate surface area is 131 Å². The largest absolute Gasteiger partial charge is 0.478 e. The van der Waals surface area contributed by atoms with Gasteiger partial charge in [-0.3, -0.25) is 4.79 Å². The maximum Gasteiger partial charge on any atom is 0.335 e. The summed E-state index contributed by atoms with van der Waals surface area (Å²) in [4.78, 5) is 22.8. The van der Waals surface area contributed by atoms with Crippen LogP contribution >= 0.6 is 23.1 Å². The fourth-order valence-corrected chi connectivity index (χ4v) is 3.43. The van der Waals surface area contributed by atoms with Crippen LogP contribution < -0.4 is 5.32 Å². The van der Waals surface area contributed by atoms with Gasteiger partial charge in [-0.2, -0.15) is 0 Å². The molecule has 110 valence electrons. The number of carboxylic acid groups (broad SMARTS) is 1. The van der Waals surface area contributed by atoms with Crippen LogP contribution in [0.4, 0.5) is 0 Å². The topological polar surface area (TPSA) is 66.4 Å². The van der Waals surface area contributed by atoms with E-state index in [9.17, 15) is 9.59 Å². The Morgan fingerprint density at radius 1 is 1.19 bits per heavy atom. The Morgan fingerprint density at radius 2 is 2.00 bits per heavy atom. The van der Waals surface area contributed by atoms with Gasteiger partial charge in [0.1, 0.15) is 0 Å². The Balaban J connectivity index is 1.76. The number of amides is 1. The standard InChI is InChI=1S/C15H15NO3S2/c17-13(10-21-14-6-3-9-20-14)16-8-7-11-4-1-2-5-12(11)15(18)19/h1-6,9H,7-8,10H2,(H,16,17)(H,18,19). The predicted molar refractivity (Wildman–Crippen MR) is 85.2 cm³/mol. The number of carboxylic acids is 1. The van der Waals surface area contributed by atoms with Gasteiger partial charge in [0.25, 0.3) is 0 Å². The van der Waals surface area contributed by atoms with Crippen molar-refractivity contribution in [2.24, 2.45) is 0 Å². The number of hydrogen-bond donors (Lipinski definition) is 2. The van der Waals surface area contributed by atoms with E-state index in [-0.39, 0.29) is 5.91 Å². The van der Waals surface area contributed by atoms with Gasteiger partial charge >= 0.3 is 5.97 Å². The number of benzene rings is 1. The molecule has 0 aliphatic heterocycles. The summed E-state index contributed by atoms with van der Waals surface area (Å²) in [5.41, 5.74) is 1.02. The fraction of sp³-hybridized carbons (Fsp3) is 0.200. The molecule has 1 aromatic heterocycles. The van der Waals surface area contributed by atoms with Gasteiger partial charge < -0.3 is 10.4 Å². The predicted octanol–water partition coefficient (Wildman–Crippen LogP) is 2.90. The summed E-state index contributed by atoms with van der Waals surface area (Å²) in [6.07, 6.45) is 0.512. The number of carbonyl (C=O) groups is 2. The molecular formula is C15H15NO3S2. The second-order valence-corrected chi connectivity index (χ2v) is 6.51. The first-order valence-corrected chi connectivity index (χ1v) is 8.27. The van der Waals surface area contributed by atoms with Crippen LogP contribution in [0.3, 0.4) is 0 Å². The van der Waals surface area contributed by atoms with Crippen LogP contribution in [0.1, 0.15) is 15.9 Å². The molecule has 0 saturated heterocycles. The van der Waals surface area contributed by atoms with Gasteiger partial charge in [0, 0.05) is 6.54 Å². The average Bonchev–Trinajstić information content (AvgIpc) is 2.99. The Hall–Kier alpha value is -1.79. The lowest BCUT2D eigenvalue weighted by Crippen LogP contribution is -2.27. The fourth-order valence-electron chi connectivity index (χ4n) is 1.82. The number of hydrogen-bond acceptors (Lipinski definition) is 4. The van der Waals surface area contributed by atoms with Gasteiger partial charge in [-0.25, -0.2) is 4.79 Å². The quantitative estimate of drug-likeness (QED) is 0.770. The average molecular weight is 321 g/mol. The SMILES string of the molecule is O=C(CSc1cccs1)NCCc1ccccc1C(=O)O. The summed E-state index contributed by atoms with van der Waals surface area (Å²) in [5, 5.41) is 13.9. The van der Waals surface area contributed by atoms with E-state index in [0.29, 0.717) is 24.3 Å². The number of nitrogens with one attached hydrogen (secondary N) is 1. The highest BCUT2D eigenvalue weighted by atomic mass is 32.2. The lowest BCUT2D eigenvalue weighted by Gasteiger charge is -2.07. The second-order valence-electron chi connectivity index (χ2n) is 4.28. The van der Waals surface area contributed by atoms with Gasteiger partial charge in [0.05, 0.1) is 15.5 Å². The van der Waals surface area contributed by atoms with Crippen molar-refractivity contribution < 1.29 is 14.7 Å². The molecule has 2 aromatic rings. The number of carbonyl (C=O) groups excluding carboxylic acids is 1. The maximum absolute atomic E-state index is 11.7. The molecule has 0 aliphatic carbocycles. The molecule has 1 amide bonds. The first-order chi connectivity index (χ1) is 10.2. The van der Waals surface area contributed by atoms with Gasteiger partial charge in [-0.1, -0.05) is 24.3 Å². The lowest BCUT2D eigenvalue weighted by atomic mass is 10.0. The van der Waals surface area contributed by atoms with Crippen LogP contribution in [0.25, 0.3) is 0 Å². The molecule has 0 aliphatic rings. The minimum Gasteiger partial charge on any atom is -0.478 e. The van der Waals surface area contributed by atoms with Gasteiger partial charge in [0.2, 0.25) is 5.91 Å². The number of rotatable bonds is 7. The van der Waals surface area contributed by atoms with E-state index in [0.717, 1.165) is 9.77 Å². The van der Waals surface area contributed by atoms with E-state index >= 15 is 0 Å². The van der Waals surface area contributed by atoms with Crippen LogP contribution in [0.2, 0.25) is 0 Å². The van der Waals surface area contributed by atoms with Crippen LogP contribution in [-0.4, -0.2) is 29.3 Å². The Kier molecular flexibility index (Phi) is 5.83. The molecule has 0 spiro atoms. The molecule has 0 saturated carbocycles. The third-order valence-electron chi connectivity index (χ3n) is 2.80. The highest BCUT2D eigenvalue weighted by molar-refractivity contribution is 8.01. The van der Waals surface area contributed by atoms with Crippen LogP contribution in [-0.2, 0) is 11.2 Å². The summed E-state index contributed by atoms with van der Waals surface area (Å²) in [5.74, 6) is -0.604. The first kappa shape index (κ1) is 15.6. The smallest absolute Gasteiger partial charge is 0.335 e. The highest BCUT2D eigenvalue weighted by Crippen LogP contribution is 2.22. The summed E-state index contributed by atoms with van der Waals surface area (Å²) in [7, 11) is 0. The van der Waals surface area contributed by atoms with Crippen molar-refractivity contribution in [2.75, 3.05) is 12.3 Å². The number of aromatic carboxylic acids is 1. The van der Waals surface area contributed by atoms with Crippen LogP contribution in [0, 0.1) is 0 Å². The van der Waals surface area contributed by atoms with E-state index in [1.54, 1.807) is 35.6 Å². The molecular weight excluding hydrogens is 306 g/mol. The molecule has 1 aromatic carbocycles. The van der Waals surface area contributed by atoms with Crippen molar-refractivity contribution in [2.45, 2.75) is 10.6 Å². The van der Waals surface area contributed by atoms with Crippen molar-refractivity contribution in [3.8, 4) is 0 Å². The van der Waals surface area contributed by atoms with Crippen molar-refractivity contribution in [1.82, 2.24) is 5.32 Å². The zero-order valence-corrected chi connectivity index (χ0v) is 12.9. The van der Waals surface area contributed by atoms with Gasteiger partial charge in [0.15, 0.2) is 0 Å². The molecule has 0 atom stereocenters. The first-order valence-electron chi connectivity index (χ1n) is 6.41. The zero-order valence-electron chi connectivity index (χ0n) is 11.2. The Morgan fingerprint density at radius 3 is 2.71 bits per heavy atom. The normalized spacial score (nSPS) is 10.3. The molecule has 21 heavy (non-hydrogen) atoms. The Bertz CT molecular complexity index is 611. The van der Waals surface area contributed by atoms with Crippen LogP contribution in [0.15, 0.2) is 46.0 Å². The minimum absolute atomic E-state index is 0.0405. The molecule has 6 heteroatoms. The molecule has 0 fully saturated rings. The van der Waals surface area contributed by atoms with E-state index in [4.69, 9.17) is 5.11 Å². The third kappa shape index (κ3) is 4.91. The lowest BCUT2D eigenvalue weighted by molar-refractivity contribution is -0.118. The summed E-state index contributed by atoms with van der Waals surface area (Å²) < 4.78 is 1.11. The van der Waals surface area contributed by atoms with Crippen molar-refractivity contribution >= 4 is 35.0 Å². The monoisotopic (exact) mass is 321 g/mol. The summed E-state index contributed by atoms with van der Waals surface area (Å²) in [6, 6.07) is 10.8. The second kappa shape index (κ2) is 7.85. The summed E-state index contributed by atoms with van der Waals surface area (Å²) >= 11 is 3.11. The molecule has 0 unspecified atom stereocenters. The molecule has 2 rings (SSSR count). The maximum atomic E-state index is 11.7. The highest BCUT2D eigenvalue weighted by Gasteiger charge is 2.09. The van der Waals surface area contributed by atoms with Crippen molar-refractivity contribution in [3.63, 3.8) is 0 Å². The zero-order chi connectivity index (χ0) is 15.1. The number of thioether (sulfide) groups is 1. The minimum atomic E-state index is -0.940. The van der Waals surface area contributed by atoms with E-state index in [1.165, 1.54) is 11.8 Å². The van der Waals surface area contributed by atoms with E-state index in [1.807, 2.05) is 17.5 Å². The molecule has 4 nitrogen and oxygen atoms in total.